The summed E-state index contributed by atoms with van der Waals surface area (Å²) in [5.74, 6) is -0.206. The van der Waals surface area contributed by atoms with Gasteiger partial charge in [-0.1, -0.05) is 25.5 Å². The van der Waals surface area contributed by atoms with Crippen molar-refractivity contribution in [2.45, 2.75) is 31.8 Å². The van der Waals surface area contributed by atoms with Crippen LogP contribution in [0.4, 0.5) is 18.9 Å². The number of halogens is 3. The van der Waals surface area contributed by atoms with Crippen LogP contribution in [0.2, 0.25) is 0 Å². The van der Waals surface area contributed by atoms with Gasteiger partial charge in [-0.2, -0.15) is 17.5 Å². The lowest BCUT2D eigenvalue weighted by Crippen LogP contribution is -2.49. The highest BCUT2D eigenvalue weighted by Gasteiger charge is 2.37. The van der Waals surface area contributed by atoms with E-state index in [0.717, 1.165) is 6.07 Å². The lowest BCUT2D eigenvalue weighted by molar-refractivity contribution is -0.138. The molecule has 0 saturated carbocycles. The van der Waals surface area contributed by atoms with Crippen LogP contribution in [-0.4, -0.2) is 69.9 Å². The summed E-state index contributed by atoms with van der Waals surface area (Å²) in [6.45, 7) is 6.72. The number of aryl methyl sites for hydroxylation is 1. The zero-order valence-electron chi connectivity index (χ0n) is 20.2. The van der Waals surface area contributed by atoms with Crippen LogP contribution in [0.25, 0.3) is 0 Å². The second-order valence-electron chi connectivity index (χ2n) is 8.25. The Balaban J connectivity index is 1.84. The Morgan fingerprint density at radius 3 is 2.20 bits per heavy atom. The molecule has 0 unspecified atom stereocenters. The summed E-state index contributed by atoms with van der Waals surface area (Å²) in [7, 11) is -2.21. The molecule has 0 atom stereocenters. The zero-order chi connectivity index (χ0) is 26.0. The van der Waals surface area contributed by atoms with Gasteiger partial charge < -0.3 is 14.5 Å². The number of ether oxygens (including phenoxy) is 1. The first-order chi connectivity index (χ1) is 16.4. The van der Waals surface area contributed by atoms with Gasteiger partial charge in [-0.15, -0.1) is 0 Å². The molecule has 1 aliphatic heterocycles. The molecule has 0 aromatic heterocycles. The fraction of sp³-hybridized carbons (Fsp3) is 0.458. The maximum atomic E-state index is 13.5. The SMILES string of the molecule is CCN(CC)S(=O)(=O)c1ccc(OC)c(N2CCN(C(=O)c3ccc(C)cc3C(F)(F)F)CC2)c1. The number of sulfonamides is 1. The van der Waals surface area contributed by atoms with Crippen LogP contribution in [0.1, 0.15) is 35.3 Å². The molecule has 1 aliphatic rings. The van der Waals surface area contributed by atoms with Gasteiger partial charge in [0.1, 0.15) is 5.75 Å². The number of carbonyl (C=O) groups is 1. The maximum absolute atomic E-state index is 13.5. The Morgan fingerprint density at radius 1 is 1.03 bits per heavy atom. The molecule has 3 rings (SSSR count). The molecule has 35 heavy (non-hydrogen) atoms. The van der Waals surface area contributed by atoms with Crippen LogP contribution in [-0.2, 0) is 16.2 Å². The van der Waals surface area contributed by atoms with E-state index in [1.807, 2.05) is 4.90 Å². The first kappa shape index (κ1) is 26.8. The molecule has 0 N–H and O–H groups in total. The number of alkyl halides is 3. The van der Waals surface area contributed by atoms with Crippen molar-refractivity contribution < 1.29 is 31.1 Å². The molecular weight excluding hydrogens is 483 g/mol. The Labute approximate surface area is 204 Å². The molecule has 0 radical (unpaired) electrons. The molecule has 1 saturated heterocycles. The van der Waals surface area contributed by atoms with E-state index < -0.39 is 27.7 Å². The normalized spacial score (nSPS) is 15.0. The number of hydrogen-bond acceptors (Lipinski definition) is 5. The standard InChI is InChI=1S/C24H30F3N3O4S/c1-5-30(6-2)35(32,33)18-8-10-22(34-4)21(16-18)28-11-13-29(14-12-28)23(31)19-9-7-17(3)15-20(19)24(25,26)27/h7-10,15-16H,5-6,11-14H2,1-4H3. The predicted molar refractivity (Wildman–Crippen MR) is 127 cm³/mol. The Kier molecular flexibility index (Phi) is 8.00. The second kappa shape index (κ2) is 10.4. The minimum absolute atomic E-state index is 0.130. The summed E-state index contributed by atoms with van der Waals surface area (Å²) >= 11 is 0. The van der Waals surface area contributed by atoms with E-state index in [-0.39, 0.29) is 23.5 Å². The number of methoxy groups -OCH3 is 1. The third kappa shape index (κ3) is 5.56. The van der Waals surface area contributed by atoms with Gasteiger partial charge in [-0.25, -0.2) is 8.42 Å². The van der Waals surface area contributed by atoms with Crippen molar-refractivity contribution in [2.75, 3.05) is 51.3 Å². The molecule has 2 aromatic rings. The van der Waals surface area contributed by atoms with Crippen molar-refractivity contribution in [1.82, 2.24) is 9.21 Å². The van der Waals surface area contributed by atoms with Gasteiger partial charge in [-0.3, -0.25) is 4.79 Å². The highest BCUT2D eigenvalue weighted by Crippen LogP contribution is 2.35. The Bertz CT molecular complexity index is 1170. The monoisotopic (exact) mass is 513 g/mol. The molecule has 1 heterocycles. The smallest absolute Gasteiger partial charge is 0.417 e. The van der Waals surface area contributed by atoms with Crippen LogP contribution >= 0.6 is 0 Å². The van der Waals surface area contributed by atoms with Crippen LogP contribution in [0.3, 0.4) is 0 Å². The molecule has 7 nitrogen and oxygen atoms in total. The largest absolute Gasteiger partial charge is 0.495 e. The van der Waals surface area contributed by atoms with Gasteiger partial charge in [0.25, 0.3) is 5.91 Å². The summed E-state index contributed by atoms with van der Waals surface area (Å²) in [4.78, 5) is 16.4. The van der Waals surface area contributed by atoms with E-state index >= 15 is 0 Å². The molecule has 11 heteroatoms. The lowest BCUT2D eigenvalue weighted by Gasteiger charge is -2.37. The minimum atomic E-state index is -4.64. The van der Waals surface area contributed by atoms with Crippen molar-refractivity contribution in [3.63, 3.8) is 0 Å². The van der Waals surface area contributed by atoms with E-state index in [1.165, 1.54) is 34.5 Å². The van der Waals surface area contributed by atoms with Crippen LogP contribution in [0.15, 0.2) is 41.3 Å². The lowest BCUT2D eigenvalue weighted by atomic mass is 10.0. The molecule has 1 amide bonds. The van der Waals surface area contributed by atoms with Crippen LogP contribution in [0.5, 0.6) is 5.75 Å². The second-order valence-corrected chi connectivity index (χ2v) is 10.2. The average molecular weight is 514 g/mol. The first-order valence-electron chi connectivity index (χ1n) is 11.3. The summed E-state index contributed by atoms with van der Waals surface area (Å²) in [5.41, 5.74) is -0.341. The van der Waals surface area contributed by atoms with Gasteiger partial charge in [0.15, 0.2) is 0 Å². The molecule has 192 valence electrons. The number of rotatable bonds is 7. The predicted octanol–water partition coefficient (Wildman–Crippen LogP) is 4.02. The number of benzene rings is 2. The van der Waals surface area contributed by atoms with Crippen molar-refractivity contribution in [1.29, 1.82) is 0 Å². The van der Waals surface area contributed by atoms with Crippen LogP contribution in [0, 0.1) is 6.92 Å². The maximum Gasteiger partial charge on any atom is 0.417 e. The van der Waals surface area contributed by atoms with E-state index in [1.54, 1.807) is 32.9 Å². The fourth-order valence-corrected chi connectivity index (χ4v) is 5.67. The van der Waals surface area contributed by atoms with Gasteiger partial charge in [0, 0.05) is 39.3 Å². The van der Waals surface area contributed by atoms with Crippen LogP contribution < -0.4 is 9.64 Å². The topological polar surface area (TPSA) is 70.2 Å². The molecule has 0 spiro atoms. The average Bonchev–Trinajstić information content (AvgIpc) is 2.83. The summed E-state index contributed by atoms with van der Waals surface area (Å²) < 4.78 is 73.3. The molecule has 0 bridgehead atoms. The molecule has 1 fully saturated rings. The number of piperazine rings is 1. The molecule has 0 aliphatic carbocycles. The quantitative estimate of drug-likeness (QED) is 0.560. The van der Waals surface area contributed by atoms with Crippen molar-refractivity contribution >= 4 is 21.6 Å². The number of carbonyl (C=O) groups excluding carboxylic acids is 1. The summed E-state index contributed by atoms with van der Waals surface area (Å²) in [6.07, 6.45) is -4.64. The van der Waals surface area contributed by atoms with Gasteiger partial charge in [0.2, 0.25) is 10.0 Å². The highest BCUT2D eigenvalue weighted by molar-refractivity contribution is 7.89. The number of anilines is 1. The first-order valence-corrected chi connectivity index (χ1v) is 12.8. The van der Waals surface area contributed by atoms with Gasteiger partial charge in [0.05, 0.1) is 28.8 Å². The van der Waals surface area contributed by atoms with E-state index in [0.29, 0.717) is 43.2 Å². The van der Waals surface area contributed by atoms with Crippen molar-refractivity contribution in [3.05, 3.63) is 53.1 Å². The number of hydrogen-bond donors (Lipinski definition) is 0. The van der Waals surface area contributed by atoms with Crippen molar-refractivity contribution in [2.24, 2.45) is 0 Å². The highest BCUT2D eigenvalue weighted by atomic mass is 32.2. The van der Waals surface area contributed by atoms with E-state index in [2.05, 4.69) is 0 Å². The van der Waals surface area contributed by atoms with Gasteiger partial charge in [-0.05, 0) is 37.3 Å². The van der Waals surface area contributed by atoms with Gasteiger partial charge >= 0.3 is 6.18 Å². The van der Waals surface area contributed by atoms with E-state index in [4.69, 9.17) is 4.74 Å². The number of nitrogens with zero attached hydrogens (tertiary/aromatic N) is 3. The Hall–Kier alpha value is -2.79. The fourth-order valence-electron chi connectivity index (χ4n) is 4.19. The summed E-state index contributed by atoms with van der Waals surface area (Å²) in [5, 5.41) is 0. The molecular formula is C24H30F3N3O4S. The summed E-state index contributed by atoms with van der Waals surface area (Å²) in [6, 6.07) is 8.32. The van der Waals surface area contributed by atoms with Crippen molar-refractivity contribution in [3.8, 4) is 5.75 Å². The Morgan fingerprint density at radius 2 is 1.66 bits per heavy atom. The third-order valence-electron chi connectivity index (χ3n) is 6.11. The third-order valence-corrected chi connectivity index (χ3v) is 8.16. The van der Waals surface area contributed by atoms with E-state index in [9.17, 15) is 26.4 Å². The number of amides is 1. The molecule has 2 aromatic carbocycles. The zero-order valence-corrected chi connectivity index (χ0v) is 21.0. The minimum Gasteiger partial charge on any atom is -0.495 e.